The largest absolute Gasteiger partial charge is 0.446 e. The van der Waals surface area contributed by atoms with Gasteiger partial charge in [0.25, 0.3) is 0 Å². The van der Waals surface area contributed by atoms with Crippen LogP contribution in [0.2, 0.25) is 0 Å². The highest BCUT2D eigenvalue weighted by Crippen LogP contribution is 2.38. The van der Waals surface area contributed by atoms with Crippen LogP contribution >= 0.6 is 11.8 Å². The molecule has 0 spiro atoms. The molecule has 0 saturated carbocycles. The number of alkyl halides is 3. The zero-order valence-corrected chi connectivity index (χ0v) is 12.5. The predicted molar refractivity (Wildman–Crippen MR) is 83.6 cm³/mol. The van der Waals surface area contributed by atoms with Crippen molar-refractivity contribution in [2.45, 2.75) is 12.4 Å². The van der Waals surface area contributed by atoms with Crippen molar-refractivity contribution in [3.8, 4) is 0 Å². The van der Waals surface area contributed by atoms with E-state index in [1.807, 2.05) is 6.92 Å². The highest BCUT2D eigenvalue weighted by molar-refractivity contribution is 8.05. The number of aryl methyl sites for hydroxylation is 1. The highest BCUT2D eigenvalue weighted by atomic mass is 32.2. The molecular formula is C17H13F3OS. The van der Waals surface area contributed by atoms with Gasteiger partial charge in [0.2, 0.25) is 0 Å². The molecule has 0 saturated heterocycles. The molecule has 0 fully saturated rings. The van der Waals surface area contributed by atoms with Crippen LogP contribution in [0.15, 0.2) is 59.5 Å². The zero-order chi connectivity index (χ0) is 16.2. The summed E-state index contributed by atoms with van der Waals surface area (Å²) in [5, 5.41) is 0. The van der Waals surface area contributed by atoms with E-state index in [0.29, 0.717) is 5.56 Å². The van der Waals surface area contributed by atoms with Crippen molar-refractivity contribution in [2.75, 3.05) is 0 Å². The van der Waals surface area contributed by atoms with Gasteiger partial charge in [0.05, 0.1) is 4.91 Å². The van der Waals surface area contributed by atoms with Gasteiger partial charge in [-0.3, -0.25) is 4.79 Å². The second kappa shape index (κ2) is 6.83. The summed E-state index contributed by atoms with van der Waals surface area (Å²) in [7, 11) is 0. The van der Waals surface area contributed by atoms with Gasteiger partial charge in [-0.15, -0.1) is 0 Å². The fourth-order valence-corrected chi connectivity index (χ4v) is 2.47. The maximum Gasteiger partial charge on any atom is 0.446 e. The van der Waals surface area contributed by atoms with Gasteiger partial charge in [-0.25, -0.2) is 0 Å². The summed E-state index contributed by atoms with van der Waals surface area (Å²) in [6, 6.07) is 14.9. The molecule has 0 bridgehead atoms. The molecular weight excluding hydrogens is 309 g/mol. The lowest BCUT2D eigenvalue weighted by Crippen LogP contribution is -2.07. The third-order valence-electron chi connectivity index (χ3n) is 2.86. The number of ketones is 1. The Kier molecular flexibility index (Phi) is 5.08. The maximum absolute atomic E-state index is 12.7. The number of carbonyl (C=O) groups is 1. The number of rotatable bonds is 4. The molecule has 0 atom stereocenters. The molecule has 114 valence electrons. The number of carbonyl (C=O) groups excluding carboxylic acids is 1. The summed E-state index contributed by atoms with van der Waals surface area (Å²) in [4.78, 5) is 12.0. The van der Waals surface area contributed by atoms with E-state index in [-0.39, 0.29) is 22.2 Å². The molecule has 0 radical (unpaired) electrons. The first-order chi connectivity index (χ1) is 10.3. The molecule has 0 aliphatic carbocycles. The standard InChI is InChI=1S/C17H13F3OS/c1-12-7-9-13(10-8-12)11-15(22-17(18,19)20)16(21)14-5-3-2-4-6-14/h2-11H,1H3/b15-11+. The molecule has 0 aliphatic heterocycles. The molecule has 0 aliphatic rings. The van der Waals surface area contributed by atoms with E-state index < -0.39 is 11.3 Å². The minimum Gasteiger partial charge on any atom is -0.288 e. The number of halogens is 3. The molecule has 0 heterocycles. The van der Waals surface area contributed by atoms with Crippen LogP contribution in [0.4, 0.5) is 13.2 Å². The fraction of sp³-hybridized carbons (Fsp3) is 0.118. The Morgan fingerprint density at radius 3 is 2.14 bits per heavy atom. The van der Waals surface area contributed by atoms with Gasteiger partial charge in [0.1, 0.15) is 0 Å². The van der Waals surface area contributed by atoms with Crippen molar-refractivity contribution in [1.29, 1.82) is 0 Å². The zero-order valence-electron chi connectivity index (χ0n) is 11.7. The molecule has 5 heteroatoms. The number of hydrogen-bond donors (Lipinski definition) is 0. The SMILES string of the molecule is Cc1ccc(/C=C(/SC(F)(F)F)C(=O)c2ccccc2)cc1. The molecule has 2 rings (SSSR count). The van der Waals surface area contributed by atoms with Crippen molar-refractivity contribution in [1.82, 2.24) is 0 Å². The Morgan fingerprint density at radius 2 is 1.59 bits per heavy atom. The third-order valence-corrected chi connectivity index (χ3v) is 3.62. The Labute approximate surface area is 130 Å². The van der Waals surface area contributed by atoms with Gasteiger partial charge in [-0.05, 0) is 30.3 Å². The fourth-order valence-electron chi connectivity index (χ4n) is 1.81. The number of allylic oxidation sites excluding steroid dienone is 1. The van der Waals surface area contributed by atoms with Gasteiger partial charge in [-0.2, -0.15) is 13.2 Å². The smallest absolute Gasteiger partial charge is 0.288 e. The molecule has 0 aromatic heterocycles. The van der Waals surface area contributed by atoms with Crippen LogP contribution in [0.3, 0.4) is 0 Å². The minimum atomic E-state index is -4.51. The second-order valence-electron chi connectivity index (χ2n) is 4.66. The van der Waals surface area contributed by atoms with Crippen LogP contribution in [0.1, 0.15) is 21.5 Å². The van der Waals surface area contributed by atoms with E-state index in [2.05, 4.69) is 0 Å². The lowest BCUT2D eigenvalue weighted by Gasteiger charge is -2.09. The average molecular weight is 322 g/mol. The predicted octanol–water partition coefficient (Wildman–Crippen LogP) is 5.47. The Balaban J connectivity index is 2.38. The molecule has 22 heavy (non-hydrogen) atoms. The molecule has 1 nitrogen and oxygen atoms in total. The monoisotopic (exact) mass is 322 g/mol. The van der Waals surface area contributed by atoms with Crippen LogP contribution in [-0.2, 0) is 0 Å². The van der Waals surface area contributed by atoms with Gasteiger partial charge < -0.3 is 0 Å². The number of thioether (sulfide) groups is 1. The van der Waals surface area contributed by atoms with Crippen LogP contribution in [0.5, 0.6) is 0 Å². The van der Waals surface area contributed by atoms with Gasteiger partial charge in [0, 0.05) is 5.56 Å². The van der Waals surface area contributed by atoms with E-state index in [1.165, 1.54) is 18.2 Å². The first-order valence-electron chi connectivity index (χ1n) is 6.49. The number of hydrogen-bond acceptors (Lipinski definition) is 2. The Bertz CT molecular complexity index is 673. The molecule has 0 amide bonds. The van der Waals surface area contributed by atoms with Crippen LogP contribution < -0.4 is 0 Å². The summed E-state index contributed by atoms with van der Waals surface area (Å²) in [5.41, 5.74) is -2.73. The van der Waals surface area contributed by atoms with Crippen molar-refractivity contribution in [3.63, 3.8) is 0 Å². The van der Waals surface area contributed by atoms with Crippen LogP contribution in [0, 0.1) is 6.92 Å². The molecule has 0 N–H and O–H groups in total. The summed E-state index contributed by atoms with van der Waals surface area (Å²) < 4.78 is 38.2. The maximum atomic E-state index is 12.7. The number of Topliss-reactive ketones (excluding diaryl/α,β-unsaturated/α-hetero) is 1. The van der Waals surface area contributed by atoms with Gasteiger partial charge in [-0.1, -0.05) is 60.2 Å². The lowest BCUT2D eigenvalue weighted by atomic mass is 10.1. The first kappa shape index (κ1) is 16.4. The Hall–Kier alpha value is -2.01. The van der Waals surface area contributed by atoms with Crippen molar-refractivity contribution in [3.05, 3.63) is 76.2 Å². The lowest BCUT2D eigenvalue weighted by molar-refractivity contribution is -0.0322. The summed E-state index contributed by atoms with van der Waals surface area (Å²) in [6.07, 6.45) is 1.27. The van der Waals surface area contributed by atoms with E-state index in [4.69, 9.17) is 0 Å². The van der Waals surface area contributed by atoms with Crippen LogP contribution in [-0.4, -0.2) is 11.3 Å². The molecule has 2 aromatic rings. The minimum absolute atomic E-state index is 0.234. The molecule has 2 aromatic carbocycles. The average Bonchev–Trinajstić information content (AvgIpc) is 2.48. The van der Waals surface area contributed by atoms with Crippen molar-refractivity contribution >= 4 is 23.6 Å². The van der Waals surface area contributed by atoms with E-state index in [0.717, 1.165) is 5.56 Å². The van der Waals surface area contributed by atoms with Crippen molar-refractivity contribution in [2.24, 2.45) is 0 Å². The summed E-state index contributed by atoms with van der Waals surface area (Å²) >= 11 is -0.385. The topological polar surface area (TPSA) is 17.1 Å². The second-order valence-corrected chi connectivity index (χ2v) is 5.77. The first-order valence-corrected chi connectivity index (χ1v) is 7.31. The van der Waals surface area contributed by atoms with E-state index >= 15 is 0 Å². The third kappa shape index (κ3) is 4.77. The quantitative estimate of drug-likeness (QED) is 0.548. The Morgan fingerprint density at radius 1 is 1.00 bits per heavy atom. The highest BCUT2D eigenvalue weighted by Gasteiger charge is 2.33. The van der Waals surface area contributed by atoms with Crippen LogP contribution in [0.25, 0.3) is 6.08 Å². The van der Waals surface area contributed by atoms with E-state index in [1.54, 1.807) is 42.5 Å². The normalized spacial score (nSPS) is 12.3. The molecule has 0 unspecified atom stereocenters. The summed E-state index contributed by atoms with van der Waals surface area (Å²) in [5.74, 6) is -0.636. The summed E-state index contributed by atoms with van der Waals surface area (Å²) in [6.45, 7) is 1.88. The van der Waals surface area contributed by atoms with Gasteiger partial charge >= 0.3 is 5.51 Å². The number of benzene rings is 2. The van der Waals surface area contributed by atoms with Crippen molar-refractivity contribution < 1.29 is 18.0 Å². The van der Waals surface area contributed by atoms with Gasteiger partial charge in [0.15, 0.2) is 5.78 Å². The van der Waals surface area contributed by atoms with E-state index in [9.17, 15) is 18.0 Å².